The maximum absolute atomic E-state index is 10.1. The molecular weight excluding hydrogens is 284 g/mol. The molecule has 1 aromatic rings. The predicted molar refractivity (Wildman–Crippen MR) is 70.0 cm³/mol. The summed E-state index contributed by atoms with van der Waals surface area (Å²) in [4.78, 5) is 4.06. The van der Waals surface area contributed by atoms with Crippen molar-refractivity contribution in [3.05, 3.63) is 22.9 Å². The number of aromatic nitrogens is 1. The fourth-order valence-electron chi connectivity index (χ4n) is 2.00. The quantitative estimate of drug-likeness (QED) is 0.893. The minimum atomic E-state index is -0.321. The highest BCUT2D eigenvalue weighted by Crippen LogP contribution is 2.20. The third-order valence-electron chi connectivity index (χ3n) is 3.03. The number of nitrogens with zero attached hydrogens (tertiary/aromatic N) is 1. The van der Waals surface area contributed by atoms with E-state index in [4.69, 9.17) is 4.74 Å². The molecule has 1 unspecified atom stereocenters. The topological polar surface area (TPSA) is 54.4 Å². The van der Waals surface area contributed by atoms with Gasteiger partial charge in [0.1, 0.15) is 0 Å². The monoisotopic (exact) mass is 300 g/mol. The molecule has 94 valence electrons. The van der Waals surface area contributed by atoms with Crippen molar-refractivity contribution in [2.75, 3.05) is 25.1 Å². The molecule has 1 aliphatic heterocycles. The highest BCUT2D eigenvalue weighted by molar-refractivity contribution is 9.10. The van der Waals surface area contributed by atoms with Crippen LogP contribution in [0.25, 0.3) is 0 Å². The van der Waals surface area contributed by atoms with Crippen LogP contribution in [0.2, 0.25) is 0 Å². The molecule has 5 heteroatoms. The zero-order valence-corrected chi connectivity index (χ0v) is 11.2. The molecule has 0 radical (unpaired) electrons. The van der Waals surface area contributed by atoms with Gasteiger partial charge in [-0.15, -0.1) is 0 Å². The lowest BCUT2D eigenvalue weighted by molar-refractivity contribution is 0.0131. The summed E-state index contributed by atoms with van der Waals surface area (Å²) in [5, 5.41) is 13.3. The van der Waals surface area contributed by atoms with Crippen molar-refractivity contribution in [3.63, 3.8) is 0 Å². The molecule has 4 nitrogen and oxygen atoms in total. The molecule has 1 aromatic heterocycles. The number of hydrogen-bond donors (Lipinski definition) is 2. The molecule has 0 aliphatic carbocycles. The zero-order chi connectivity index (χ0) is 12.1. The third-order valence-corrected chi connectivity index (χ3v) is 3.46. The molecule has 2 N–H and O–H groups in total. The summed E-state index contributed by atoms with van der Waals surface area (Å²) in [5.41, 5.74) is 0.922. The predicted octanol–water partition coefficient (Wildman–Crippen LogP) is 2.04. The number of halogens is 1. The molecule has 0 aromatic carbocycles. The minimum absolute atomic E-state index is 0.321. The summed E-state index contributed by atoms with van der Waals surface area (Å²) < 4.78 is 6.21. The van der Waals surface area contributed by atoms with E-state index in [9.17, 15) is 5.11 Å². The molecular formula is C12H17BrN2O2. The van der Waals surface area contributed by atoms with Crippen LogP contribution in [0.1, 0.15) is 12.8 Å². The summed E-state index contributed by atoms with van der Waals surface area (Å²) in [7, 11) is 0. The number of pyridine rings is 1. The van der Waals surface area contributed by atoms with E-state index in [1.54, 1.807) is 12.4 Å². The van der Waals surface area contributed by atoms with Gasteiger partial charge >= 0.3 is 0 Å². The van der Waals surface area contributed by atoms with Gasteiger partial charge in [-0.2, -0.15) is 0 Å². The van der Waals surface area contributed by atoms with Crippen LogP contribution in [0.5, 0.6) is 0 Å². The average Bonchev–Trinajstić information content (AvgIpc) is 2.37. The fourth-order valence-corrected chi connectivity index (χ4v) is 2.36. The first-order valence-corrected chi connectivity index (χ1v) is 6.65. The largest absolute Gasteiger partial charge is 0.391 e. The average molecular weight is 301 g/mol. The molecule has 17 heavy (non-hydrogen) atoms. The first-order chi connectivity index (χ1) is 8.25. The fraction of sp³-hybridized carbons (Fsp3) is 0.583. The Morgan fingerprint density at radius 2 is 2.24 bits per heavy atom. The molecule has 0 bridgehead atoms. The van der Waals surface area contributed by atoms with Gasteiger partial charge < -0.3 is 15.2 Å². The number of hydrogen-bond acceptors (Lipinski definition) is 4. The van der Waals surface area contributed by atoms with E-state index >= 15 is 0 Å². The summed E-state index contributed by atoms with van der Waals surface area (Å²) in [6.45, 7) is 2.09. The summed E-state index contributed by atoms with van der Waals surface area (Å²) >= 11 is 3.36. The SMILES string of the molecule is OC(CNc1cncc(Br)c1)C1CCOCC1. The second-order valence-corrected chi connectivity index (χ2v) is 5.21. The van der Waals surface area contributed by atoms with E-state index in [2.05, 4.69) is 26.2 Å². The highest BCUT2D eigenvalue weighted by atomic mass is 79.9. The van der Waals surface area contributed by atoms with Crippen LogP contribution in [0.3, 0.4) is 0 Å². The van der Waals surface area contributed by atoms with Crippen molar-refractivity contribution in [1.29, 1.82) is 0 Å². The Hall–Kier alpha value is -0.650. The Morgan fingerprint density at radius 1 is 1.47 bits per heavy atom. The van der Waals surface area contributed by atoms with Crippen LogP contribution in [-0.2, 0) is 4.74 Å². The summed E-state index contributed by atoms with van der Waals surface area (Å²) in [6, 6.07) is 1.95. The van der Waals surface area contributed by atoms with E-state index in [0.29, 0.717) is 12.5 Å². The Labute approximate surface area is 110 Å². The summed E-state index contributed by atoms with van der Waals surface area (Å²) in [6.07, 6.45) is 5.05. The lowest BCUT2D eigenvalue weighted by Gasteiger charge is -2.27. The molecule has 1 fully saturated rings. The normalized spacial score (nSPS) is 18.9. The molecule has 0 spiro atoms. The zero-order valence-electron chi connectivity index (χ0n) is 9.60. The van der Waals surface area contributed by atoms with Crippen LogP contribution >= 0.6 is 15.9 Å². The molecule has 0 amide bonds. The molecule has 1 saturated heterocycles. The highest BCUT2D eigenvalue weighted by Gasteiger charge is 2.21. The van der Waals surface area contributed by atoms with E-state index in [1.165, 1.54) is 0 Å². The molecule has 2 heterocycles. The van der Waals surface area contributed by atoms with Crippen LogP contribution in [-0.4, -0.2) is 36.0 Å². The standard InChI is InChI=1S/C12H17BrN2O2/c13-10-5-11(7-14-6-10)15-8-12(16)9-1-3-17-4-2-9/h5-7,9,12,15-16H,1-4,8H2. The van der Waals surface area contributed by atoms with E-state index in [-0.39, 0.29) is 6.10 Å². The second kappa shape index (κ2) is 6.33. The minimum Gasteiger partial charge on any atom is -0.391 e. The van der Waals surface area contributed by atoms with Crippen molar-refractivity contribution < 1.29 is 9.84 Å². The number of anilines is 1. The van der Waals surface area contributed by atoms with Crippen molar-refractivity contribution in [1.82, 2.24) is 4.98 Å². The maximum atomic E-state index is 10.1. The van der Waals surface area contributed by atoms with Crippen LogP contribution in [0, 0.1) is 5.92 Å². The summed E-state index contributed by atoms with van der Waals surface area (Å²) in [5.74, 6) is 0.344. The lowest BCUT2D eigenvalue weighted by atomic mass is 9.94. The van der Waals surface area contributed by atoms with Gasteiger partial charge in [-0.3, -0.25) is 4.98 Å². The van der Waals surface area contributed by atoms with Gasteiger partial charge in [0.2, 0.25) is 0 Å². The van der Waals surface area contributed by atoms with Crippen LogP contribution in [0.15, 0.2) is 22.9 Å². The van der Waals surface area contributed by atoms with Gasteiger partial charge in [0, 0.05) is 30.4 Å². The van der Waals surface area contributed by atoms with Gasteiger partial charge in [0.15, 0.2) is 0 Å². The first kappa shape index (κ1) is 12.8. The van der Waals surface area contributed by atoms with E-state index < -0.39 is 0 Å². The Balaban J connectivity index is 1.80. The van der Waals surface area contributed by atoms with E-state index in [0.717, 1.165) is 36.2 Å². The van der Waals surface area contributed by atoms with Gasteiger partial charge in [0.25, 0.3) is 0 Å². The molecule has 2 rings (SSSR count). The first-order valence-electron chi connectivity index (χ1n) is 5.86. The lowest BCUT2D eigenvalue weighted by Crippen LogP contribution is -2.32. The van der Waals surface area contributed by atoms with Crippen molar-refractivity contribution in [2.24, 2.45) is 5.92 Å². The maximum Gasteiger partial charge on any atom is 0.0742 e. The van der Waals surface area contributed by atoms with Gasteiger partial charge in [-0.25, -0.2) is 0 Å². The Kier molecular flexibility index (Phi) is 4.76. The van der Waals surface area contributed by atoms with Gasteiger partial charge in [-0.05, 0) is 40.8 Å². The number of rotatable bonds is 4. The van der Waals surface area contributed by atoms with Gasteiger partial charge in [-0.1, -0.05) is 0 Å². The van der Waals surface area contributed by atoms with Crippen molar-refractivity contribution in [3.8, 4) is 0 Å². The second-order valence-electron chi connectivity index (χ2n) is 4.29. The molecule has 1 atom stereocenters. The molecule has 1 aliphatic rings. The number of ether oxygens (including phenoxy) is 1. The Morgan fingerprint density at radius 3 is 2.94 bits per heavy atom. The van der Waals surface area contributed by atoms with Crippen LogP contribution in [0.4, 0.5) is 5.69 Å². The van der Waals surface area contributed by atoms with Crippen molar-refractivity contribution in [2.45, 2.75) is 18.9 Å². The number of aliphatic hydroxyl groups excluding tert-OH is 1. The van der Waals surface area contributed by atoms with Crippen molar-refractivity contribution >= 4 is 21.6 Å². The Bertz CT molecular complexity index is 356. The van der Waals surface area contributed by atoms with E-state index in [1.807, 2.05) is 6.07 Å². The third kappa shape index (κ3) is 3.94. The van der Waals surface area contributed by atoms with Gasteiger partial charge in [0.05, 0.1) is 18.0 Å². The number of nitrogens with one attached hydrogen (secondary N) is 1. The van der Waals surface area contributed by atoms with Crippen LogP contribution < -0.4 is 5.32 Å². The number of aliphatic hydroxyl groups is 1. The smallest absolute Gasteiger partial charge is 0.0742 e. The molecule has 0 saturated carbocycles.